The second-order valence-corrected chi connectivity index (χ2v) is 8.51. The van der Waals surface area contributed by atoms with Crippen molar-refractivity contribution in [3.05, 3.63) is 35.6 Å². The highest BCUT2D eigenvalue weighted by atomic mass is 19.1. The summed E-state index contributed by atoms with van der Waals surface area (Å²) in [5.74, 6) is 1.10. The molecule has 0 spiro atoms. The summed E-state index contributed by atoms with van der Waals surface area (Å²) in [5, 5.41) is 0. The average molecular weight is 359 g/mol. The lowest BCUT2D eigenvalue weighted by Gasteiger charge is -2.31. The van der Waals surface area contributed by atoms with Crippen LogP contribution in [0.2, 0.25) is 0 Å². The van der Waals surface area contributed by atoms with Gasteiger partial charge in [0.05, 0.1) is 0 Å². The molecule has 1 aliphatic carbocycles. The summed E-state index contributed by atoms with van der Waals surface area (Å²) < 4.78 is 13.8. The Kier molecular flexibility index (Phi) is 5.58. The highest BCUT2D eigenvalue weighted by Crippen LogP contribution is 2.36. The lowest BCUT2D eigenvalue weighted by molar-refractivity contribution is -0.134. The summed E-state index contributed by atoms with van der Waals surface area (Å²) >= 11 is 0. The number of hydrogen-bond acceptors (Lipinski definition) is 2. The zero-order chi connectivity index (χ0) is 17.9. The van der Waals surface area contributed by atoms with Crippen LogP contribution >= 0.6 is 0 Å². The maximum atomic E-state index is 13.8. The van der Waals surface area contributed by atoms with Crippen molar-refractivity contribution in [1.29, 1.82) is 0 Å². The number of nitrogens with zero attached hydrogens (tertiary/aromatic N) is 2. The number of carbonyl (C=O) groups is 1. The Morgan fingerprint density at radius 1 is 1.04 bits per heavy atom. The van der Waals surface area contributed by atoms with Gasteiger partial charge in [0.25, 0.3) is 0 Å². The molecule has 3 fully saturated rings. The van der Waals surface area contributed by atoms with E-state index in [9.17, 15) is 9.18 Å². The van der Waals surface area contributed by atoms with E-state index in [0.717, 1.165) is 38.0 Å². The minimum atomic E-state index is -0.167. The highest BCUT2D eigenvalue weighted by Gasteiger charge is 2.39. The van der Waals surface area contributed by atoms with E-state index < -0.39 is 0 Å². The Morgan fingerprint density at radius 3 is 2.54 bits per heavy atom. The molecule has 0 bridgehead atoms. The lowest BCUT2D eigenvalue weighted by Crippen LogP contribution is -2.37. The summed E-state index contributed by atoms with van der Waals surface area (Å²) in [5.41, 5.74) is 1.06. The van der Waals surface area contributed by atoms with Crippen molar-refractivity contribution in [2.75, 3.05) is 32.7 Å². The Hall–Kier alpha value is -1.42. The van der Waals surface area contributed by atoms with Gasteiger partial charge in [0.1, 0.15) is 5.82 Å². The number of amides is 1. The Labute approximate surface area is 156 Å². The molecule has 142 valence electrons. The van der Waals surface area contributed by atoms with Crippen molar-refractivity contribution in [2.45, 2.75) is 50.9 Å². The molecule has 3 nitrogen and oxygen atoms in total. The minimum Gasteiger partial charge on any atom is -0.341 e. The van der Waals surface area contributed by atoms with Crippen LogP contribution in [-0.4, -0.2) is 48.4 Å². The number of likely N-dealkylation sites (tertiary alicyclic amines) is 2. The molecule has 4 heteroatoms. The lowest BCUT2D eigenvalue weighted by atomic mass is 9.88. The maximum absolute atomic E-state index is 13.8. The number of benzene rings is 1. The van der Waals surface area contributed by atoms with E-state index in [1.165, 1.54) is 51.3 Å². The third kappa shape index (κ3) is 3.95. The van der Waals surface area contributed by atoms with Crippen LogP contribution in [0.15, 0.2) is 24.3 Å². The molecule has 2 atom stereocenters. The van der Waals surface area contributed by atoms with Gasteiger partial charge in [0.2, 0.25) is 5.91 Å². The summed E-state index contributed by atoms with van der Waals surface area (Å²) in [6.45, 7) is 4.98. The number of piperidine rings is 1. The summed E-state index contributed by atoms with van der Waals surface area (Å²) in [4.78, 5) is 17.6. The summed E-state index contributed by atoms with van der Waals surface area (Å²) in [6.07, 6.45) is 8.38. The van der Waals surface area contributed by atoms with E-state index in [0.29, 0.717) is 11.8 Å². The normalized spacial score (nSPS) is 28.0. The number of hydrogen-bond donors (Lipinski definition) is 0. The molecular weight excluding hydrogens is 327 g/mol. The smallest absolute Gasteiger partial charge is 0.225 e. The van der Waals surface area contributed by atoms with Gasteiger partial charge >= 0.3 is 0 Å². The third-order valence-corrected chi connectivity index (χ3v) is 6.68. The molecule has 2 saturated heterocycles. The zero-order valence-corrected chi connectivity index (χ0v) is 15.7. The van der Waals surface area contributed by atoms with Gasteiger partial charge in [-0.1, -0.05) is 31.4 Å². The van der Waals surface area contributed by atoms with Crippen LogP contribution in [0.25, 0.3) is 0 Å². The maximum Gasteiger partial charge on any atom is 0.225 e. The Morgan fingerprint density at radius 2 is 1.81 bits per heavy atom. The molecule has 0 aromatic heterocycles. The van der Waals surface area contributed by atoms with Crippen molar-refractivity contribution in [3.8, 4) is 0 Å². The van der Waals surface area contributed by atoms with E-state index in [1.807, 2.05) is 12.1 Å². The minimum absolute atomic E-state index is 0.167. The molecule has 26 heavy (non-hydrogen) atoms. The SMILES string of the molecule is O=C(C1CCCC1)N1CC(CN2CCCCC2)C(c2cccc(F)c2)C1. The van der Waals surface area contributed by atoms with Crippen molar-refractivity contribution in [2.24, 2.45) is 11.8 Å². The predicted molar refractivity (Wildman–Crippen MR) is 101 cm³/mol. The zero-order valence-electron chi connectivity index (χ0n) is 15.7. The van der Waals surface area contributed by atoms with Gasteiger partial charge in [-0.25, -0.2) is 4.39 Å². The number of carbonyl (C=O) groups excluding carboxylic acids is 1. The van der Waals surface area contributed by atoms with Gasteiger partial charge in [0, 0.05) is 31.5 Å². The first-order valence-corrected chi connectivity index (χ1v) is 10.5. The monoisotopic (exact) mass is 358 g/mol. The first-order chi connectivity index (χ1) is 12.7. The van der Waals surface area contributed by atoms with Crippen molar-refractivity contribution < 1.29 is 9.18 Å². The molecule has 3 aliphatic rings. The molecule has 1 amide bonds. The van der Waals surface area contributed by atoms with E-state index in [2.05, 4.69) is 9.80 Å². The molecule has 1 aromatic rings. The first-order valence-electron chi connectivity index (χ1n) is 10.5. The van der Waals surface area contributed by atoms with Gasteiger partial charge in [0.15, 0.2) is 0 Å². The van der Waals surface area contributed by atoms with Crippen LogP contribution in [0.4, 0.5) is 4.39 Å². The molecule has 2 heterocycles. The van der Waals surface area contributed by atoms with E-state index in [-0.39, 0.29) is 17.7 Å². The molecule has 4 rings (SSSR count). The molecule has 2 unspecified atom stereocenters. The van der Waals surface area contributed by atoms with Crippen LogP contribution in [0.1, 0.15) is 56.4 Å². The quantitative estimate of drug-likeness (QED) is 0.811. The van der Waals surface area contributed by atoms with E-state index in [1.54, 1.807) is 6.07 Å². The van der Waals surface area contributed by atoms with Crippen molar-refractivity contribution >= 4 is 5.91 Å². The largest absolute Gasteiger partial charge is 0.341 e. The predicted octanol–water partition coefficient (Wildman–Crippen LogP) is 4.04. The van der Waals surface area contributed by atoms with Crippen molar-refractivity contribution in [3.63, 3.8) is 0 Å². The molecule has 1 aromatic carbocycles. The van der Waals surface area contributed by atoms with E-state index >= 15 is 0 Å². The number of halogens is 1. The van der Waals surface area contributed by atoms with Crippen LogP contribution in [0, 0.1) is 17.7 Å². The molecule has 0 radical (unpaired) electrons. The van der Waals surface area contributed by atoms with Gasteiger partial charge < -0.3 is 9.80 Å². The van der Waals surface area contributed by atoms with Gasteiger partial charge in [-0.2, -0.15) is 0 Å². The van der Waals surface area contributed by atoms with Crippen LogP contribution in [0.5, 0.6) is 0 Å². The molecular formula is C22H31FN2O. The summed E-state index contributed by atoms with van der Waals surface area (Å²) in [6, 6.07) is 7.04. The molecule has 1 saturated carbocycles. The van der Waals surface area contributed by atoms with Gasteiger partial charge in [-0.05, 0) is 62.4 Å². The Balaban J connectivity index is 1.50. The fourth-order valence-electron chi connectivity index (χ4n) is 5.26. The number of rotatable bonds is 4. The van der Waals surface area contributed by atoms with Crippen LogP contribution < -0.4 is 0 Å². The third-order valence-electron chi connectivity index (χ3n) is 6.68. The van der Waals surface area contributed by atoms with Gasteiger partial charge in [-0.15, -0.1) is 0 Å². The fraction of sp³-hybridized carbons (Fsp3) is 0.682. The first kappa shape index (κ1) is 18.0. The highest BCUT2D eigenvalue weighted by molar-refractivity contribution is 5.79. The average Bonchev–Trinajstić information content (AvgIpc) is 3.32. The summed E-state index contributed by atoms with van der Waals surface area (Å²) in [7, 11) is 0. The molecule has 2 aliphatic heterocycles. The van der Waals surface area contributed by atoms with Gasteiger partial charge in [-0.3, -0.25) is 4.79 Å². The van der Waals surface area contributed by atoms with E-state index in [4.69, 9.17) is 0 Å². The fourth-order valence-corrected chi connectivity index (χ4v) is 5.26. The van der Waals surface area contributed by atoms with Crippen molar-refractivity contribution in [1.82, 2.24) is 9.80 Å². The second kappa shape index (κ2) is 8.08. The van der Waals surface area contributed by atoms with Crippen LogP contribution in [-0.2, 0) is 4.79 Å². The second-order valence-electron chi connectivity index (χ2n) is 8.51. The standard InChI is InChI=1S/C22H31FN2O/c23-20-10-6-9-18(13-20)21-16-25(22(26)17-7-2-3-8-17)15-19(21)14-24-11-4-1-5-12-24/h6,9-10,13,17,19,21H,1-5,7-8,11-12,14-16H2. The Bertz CT molecular complexity index is 622. The van der Waals surface area contributed by atoms with Crippen LogP contribution in [0.3, 0.4) is 0 Å². The molecule has 0 N–H and O–H groups in total. The topological polar surface area (TPSA) is 23.6 Å².